The summed E-state index contributed by atoms with van der Waals surface area (Å²) in [6.07, 6.45) is 1.16. The van der Waals surface area contributed by atoms with Gasteiger partial charge < -0.3 is 4.74 Å². The van der Waals surface area contributed by atoms with Crippen molar-refractivity contribution >= 4 is 0 Å². The standard InChI is InChI=1S/C13H20O/c1-4-14-10-13-7-5-12(6-8-13)9-11(2)3/h5-8,11H,4,9-10H2,1-3H3. The second-order valence-electron chi connectivity index (χ2n) is 4.05. The SMILES string of the molecule is CCOCc1ccc(CC(C)C)cc1. The molecule has 14 heavy (non-hydrogen) atoms. The lowest BCUT2D eigenvalue weighted by molar-refractivity contribution is 0.134. The van der Waals surface area contributed by atoms with Gasteiger partial charge in [0.1, 0.15) is 0 Å². The van der Waals surface area contributed by atoms with Crippen molar-refractivity contribution in [3.8, 4) is 0 Å². The van der Waals surface area contributed by atoms with Gasteiger partial charge in [-0.25, -0.2) is 0 Å². The van der Waals surface area contributed by atoms with Crippen LogP contribution in [0.3, 0.4) is 0 Å². The average Bonchev–Trinajstić information content (AvgIpc) is 2.16. The Bertz CT molecular complexity index is 248. The van der Waals surface area contributed by atoms with E-state index < -0.39 is 0 Å². The summed E-state index contributed by atoms with van der Waals surface area (Å²) >= 11 is 0. The molecule has 1 nitrogen and oxygen atoms in total. The summed E-state index contributed by atoms with van der Waals surface area (Å²) in [4.78, 5) is 0. The van der Waals surface area contributed by atoms with Gasteiger partial charge in [0.2, 0.25) is 0 Å². The lowest BCUT2D eigenvalue weighted by Crippen LogP contribution is -1.95. The van der Waals surface area contributed by atoms with Crippen LogP contribution in [0.1, 0.15) is 31.9 Å². The van der Waals surface area contributed by atoms with Gasteiger partial charge in [-0.05, 0) is 30.4 Å². The third-order valence-corrected chi connectivity index (χ3v) is 2.14. The molecule has 0 aliphatic rings. The molecule has 0 amide bonds. The predicted molar refractivity (Wildman–Crippen MR) is 60.3 cm³/mol. The topological polar surface area (TPSA) is 9.23 Å². The Hall–Kier alpha value is -0.820. The van der Waals surface area contributed by atoms with Crippen LogP contribution in [0.15, 0.2) is 24.3 Å². The van der Waals surface area contributed by atoms with E-state index in [0.29, 0.717) is 0 Å². The van der Waals surface area contributed by atoms with Crippen LogP contribution >= 0.6 is 0 Å². The van der Waals surface area contributed by atoms with Gasteiger partial charge >= 0.3 is 0 Å². The molecule has 0 atom stereocenters. The first-order chi connectivity index (χ1) is 6.72. The molecular weight excluding hydrogens is 172 g/mol. The molecule has 1 heteroatoms. The van der Waals surface area contributed by atoms with E-state index in [1.807, 2.05) is 6.92 Å². The van der Waals surface area contributed by atoms with Crippen molar-refractivity contribution in [2.45, 2.75) is 33.8 Å². The molecule has 1 aromatic carbocycles. The highest BCUT2D eigenvalue weighted by Gasteiger charge is 1.97. The molecule has 0 aliphatic carbocycles. The van der Waals surface area contributed by atoms with Crippen molar-refractivity contribution in [1.82, 2.24) is 0 Å². The highest BCUT2D eigenvalue weighted by atomic mass is 16.5. The first-order valence-corrected chi connectivity index (χ1v) is 5.38. The van der Waals surface area contributed by atoms with Crippen molar-refractivity contribution in [2.24, 2.45) is 5.92 Å². The van der Waals surface area contributed by atoms with E-state index in [9.17, 15) is 0 Å². The van der Waals surface area contributed by atoms with Gasteiger partial charge in [0.25, 0.3) is 0 Å². The molecule has 0 fully saturated rings. The monoisotopic (exact) mass is 192 g/mol. The van der Waals surface area contributed by atoms with E-state index in [-0.39, 0.29) is 0 Å². The first kappa shape index (κ1) is 11.3. The fourth-order valence-corrected chi connectivity index (χ4v) is 1.46. The maximum atomic E-state index is 5.34. The average molecular weight is 192 g/mol. The molecule has 0 heterocycles. The van der Waals surface area contributed by atoms with Gasteiger partial charge in [-0.15, -0.1) is 0 Å². The lowest BCUT2D eigenvalue weighted by atomic mass is 10.0. The molecule has 78 valence electrons. The summed E-state index contributed by atoms with van der Waals surface area (Å²) in [6, 6.07) is 8.73. The fourth-order valence-electron chi connectivity index (χ4n) is 1.46. The van der Waals surface area contributed by atoms with Crippen molar-refractivity contribution in [2.75, 3.05) is 6.61 Å². The highest BCUT2D eigenvalue weighted by Crippen LogP contribution is 2.10. The van der Waals surface area contributed by atoms with E-state index in [0.717, 1.165) is 25.6 Å². The van der Waals surface area contributed by atoms with E-state index in [1.165, 1.54) is 11.1 Å². The Kier molecular flexibility index (Phi) is 4.68. The zero-order valence-corrected chi connectivity index (χ0v) is 9.42. The van der Waals surface area contributed by atoms with Gasteiger partial charge in [0.05, 0.1) is 6.61 Å². The van der Waals surface area contributed by atoms with E-state index in [4.69, 9.17) is 4.74 Å². The van der Waals surface area contributed by atoms with Crippen LogP contribution in [-0.4, -0.2) is 6.61 Å². The van der Waals surface area contributed by atoms with Crippen molar-refractivity contribution < 1.29 is 4.74 Å². The van der Waals surface area contributed by atoms with Crippen LogP contribution in [0, 0.1) is 5.92 Å². The van der Waals surface area contributed by atoms with Crippen LogP contribution in [0.25, 0.3) is 0 Å². The lowest BCUT2D eigenvalue weighted by Gasteiger charge is -2.06. The zero-order chi connectivity index (χ0) is 10.4. The molecule has 0 radical (unpaired) electrons. The Morgan fingerprint density at radius 1 is 1.07 bits per heavy atom. The summed E-state index contributed by atoms with van der Waals surface area (Å²) in [6.45, 7) is 8.03. The summed E-state index contributed by atoms with van der Waals surface area (Å²) in [5, 5.41) is 0. The van der Waals surface area contributed by atoms with Crippen LogP contribution < -0.4 is 0 Å². The van der Waals surface area contributed by atoms with Crippen molar-refractivity contribution in [1.29, 1.82) is 0 Å². The minimum Gasteiger partial charge on any atom is -0.377 e. The highest BCUT2D eigenvalue weighted by molar-refractivity contribution is 5.22. The molecule has 0 aliphatic heterocycles. The van der Waals surface area contributed by atoms with Gasteiger partial charge in [-0.1, -0.05) is 38.1 Å². The number of hydrogen-bond donors (Lipinski definition) is 0. The zero-order valence-electron chi connectivity index (χ0n) is 9.42. The molecule has 0 N–H and O–H groups in total. The third-order valence-electron chi connectivity index (χ3n) is 2.14. The molecule has 1 aromatic rings. The maximum absolute atomic E-state index is 5.34. The van der Waals surface area contributed by atoms with Gasteiger partial charge in [-0.3, -0.25) is 0 Å². The minimum atomic E-state index is 0.729. The number of hydrogen-bond acceptors (Lipinski definition) is 1. The van der Waals surface area contributed by atoms with Crippen molar-refractivity contribution in [3.63, 3.8) is 0 Å². The number of rotatable bonds is 5. The van der Waals surface area contributed by atoms with Gasteiger partial charge in [-0.2, -0.15) is 0 Å². The second-order valence-corrected chi connectivity index (χ2v) is 4.05. The van der Waals surface area contributed by atoms with Crippen LogP contribution in [0.5, 0.6) is 0 Å². The Morgan fingerprint density at radius 2 is 1.64 bits per heavy atom. The molecular formula is C13H20O. The van der Waals surface area contributed by atoms with E-state index in [1.54, 1.807) is 0 Å². The summed E-state index contributed by atoms with van der Waals surface area (Å²) in [7, 11) is 0. The molecule has 0 bridgehead atoms. The third kappa shape index (κ3) is 3.93. The van der Waals surface area contributed by atoms with Crippen LogP contribution in [0.2, 0.25) is 0 Å². The van der Waals surface area contributed by atoms with Gasteiger partial charge in [0.15, 0.2) is 0 Å². The molecule has 0 spiro atoms. The smallest absolute Gasteiger partial charge is 0.0716 e. The fraction of sp³-hybridized carbons (Fsp3) is 0.538. The first-order valence-electron chi connectivity index (χ1n) is 5.38. The van der Waals surface area contributed by atoms with Crippen LogP contribution in [-0.2, 0) is 17.8 Å². The summed E-state index contributed by atoms with van der Waals surface area (Å²) < 4.78 is 5.34. The maximum Gasteiger partial charge on any atom is 0.0716 e. The molecule has 0 aromatic heterocycles. The number of benzene rings is 1. The van der Waals surface area contributed by atoms with E-state index >= 15 is 0 Å². The second kappa shape index (κ2) is 5.82. The summed E-state index contributed by atoms with van der Waals surface area (Å²) in [5.74, 6) is 0.729. The number of ether oxygens (including phenoxy) is 1. The van der Waals surface area contributed by atoms with E-state index in [2.05, 4.69) is 38.1 Å². The largest absolute Gasteiger partial charge is 0.377 e. The Labute approximate surface area is 87.1 Å². The minimum absolute atomic E-state index is 0.729. The van der Waals surface area contributed by atoms with Crippen LogP contribution in [0.4, 0.5) is 0 Å². The molecule has 1 rings (SSSR count). The molecule has 0 unspecified atom stereocenters. The van der Waals surface area contributed by atoms with Crippen molar-refractivity contribution in [3.05, 3.63) is 35.4 Å². The molecule has 0 saturated heterocycles. The van der Waals surface area contributed by atoms with Gasteiger partial charge in [0, 0.05) is 6.61 Å². The normalized spacial score (nSPS) is 10.9. The quantitative estimate of drug-likeness (QED) is 0.694. The Morgan fingerprint density at radius 3 is 2.14 bits per heavy atom. The summed E-state index contributed by atoms with van der Waals surface area (Å²) in [5.41, 5.74) is 2.68. The Balaban J connectivity index is 2.50. The molecule has 0 saturated carbocycles. The predicted octanol–water partition coefficient (Wildman–Crippen LogP) is 3.42.